The molecule has 1 aliphatic carbocycles. The lowest BCUT2D eigenvalue weighted by atomic mass is 10.0. The Kier molecular flexibility index (Phi) is 10.7. The third-order valence-electron chi connectivity index (χ3n) is 7.72. The standard InChI is InChI=1S/C33H41N3O4S/c1-26-13-11-16-28(23-26)25-36(32(37)21-12-22-35(2)41(39,40)30-19-7-4-8-20-30)31(24-27-14-5-3-6-15-27)33(38)34-29-17-9-10-18-29/h3-8,11,13-16,19-20,23,29,31H,9-10,12,17-18,21-22,24-25H2,1-2H3,(H,34,38)/t31-/m1/s1. The maximum atomic E-state index is 13.9. The van der Waals surface area contributed by atoms with Gasteiger partial charge in [-0.25, -0.2) is 12.7 Å². The fourth-order valence-electron chi connectivity index (χ4n) is 5.42. The molecule has 0 unspecified atom stereocenters. The number of benzene rings is 3. The Hall–Kier alpha value is -3.49. The first-order valence-corrected chi connectivity index (χ1v) is 15.9. The maximum Gasteiger partial charge on any atom is 0.243 e. The maximum absolute atomic E-state index is 13.9. The summed E-state index contributed by atoms with van der Waals surface area (Å²) in [5.41, 5.74) is 3.02. The van der Waals surface area contributed by atoms with E-state index in [1.807, 2.05) is 61.5 Å². The molecule has 1 saturated carbocycles. The number of aryl methyl sites for hydroxylation is 1. The highest BCUT2D eigenvalue weighted by atomic mass is 32.2. The van der Waals surface area contributed by atoms with Crippen molar-refractivity contribution in [2.24, 2.45) is 0 Å². The van der Waals surface area contributed by atoms with Crippen LogP contribution < -0.4 is 5.32 Å². The van der Waals surface area contributed by atoms with Gasteiger partial charge in [-0.3, -0.25) is 9.59 Å². The summed E-state index contributed by atoms with van der Waals surface area (Å²) in [5.74, 6) is -0.301. The summed E-state index contributed by atoms with van der Waals surface area (Å²) in [6, 6.07) is 25.5. The molecule has 218 valence electrons. The summed E-state index contributed by atoms with van der Waals surface area (Å²) < 4.78 is 27.2. The van der Waals surface area contributed by atoms with Gasteiger partial charge < -0.3 is 10.2 Å². The summed E-state index contributed by atoms with van der Waals surface area (Å²) in [7, 11) is -2.12. The lowest BCUT2D eigenvalue weighted by Gasteiger charge is -2.32. The second-order valence-electron chi connectivity index (χ2n) is 10.9. The van der Waals surface area contributed by atoms with Crippen molar-refractivity contribution in [3.05, 3.63) is 102 Å². The molecular formula is C33H41N3O4S. The topological polar surface area (TPSA) is 86.8 Å². The van der Waals surface area contributed by atoms with E-state index in [0.29, 0.717) is 19.4 Å². The molecule has 41 heavy (non-hydrogen) atoms. The highest BCUT2D eigenvalue weighted by molar-refractivity contribution is 7.89. The molecule has 0 bridgehead atoms. The van der Waals surface area contributed by atoms with Crippen LogP contribution in [0.1, 0.15) is 55.2 Å². The zero-order valence-electron chi connectivity index (χ0n) is 24.0. The van der Waals surface area contributed by atoms with Crippen LogP contribution in [0.25, 0.3) is 0 Å². The number of nitrogens with zero attached hydrogens (tertiary/aromatic N) is 2. The van der Waals surface area contributed by atoms with E-state index in [4.69, 9.17) is 0 Å². The number of hydrogen-bond acceptors (Lipinski definition) is 4. The minimum atomic E-state index is -3.65. The molecule has 0 spiro atoms. The van der Waals surface area contributed by atoms with Crippen molar-refractivity contribution in [1.29, 1.82) is 0 Å². The van der Waals surface area contributed by atoms with Crippen LogP contribution in [0.2, 0.25) is 0 Å². The van der Waals surface area contributed by atoms with Crippen LogP contribution in [-0.2, 0) is 32.6 Å². The van der Waals surface area contributed by atoms with Gasteiger partial charge in [0.15, 0.2) is 0 Å². The van der Waals surface area contributed by atoms with E-state index < -0.39 is 16.1 Å². The molecule has 1 fully saturated rings. The average molecular weight is 576 g/mol. The van der Waals surface area contributed by atoms with E-state index in [-0.39, 0.29) is 35.7 Å². The highest BCUT2D eigenvalue weighted by Crippen LogP contribution is 2.21. The van der Waals surface area contributed by atoms with Crippen LogP contribution in [0.15, 0.2) is 89.8 Å². The number of carbonyl (C=O) groups excluding carboxylic acids is 2. The van der Waals surface area contributed by atoms with Gasteiger partial charge in [-0.2, -0.15) is 0 Å². The van der Waals surface area contributed by atoms with Crippen molar-refractivity contribution in [1.82, 2.24) is 14.5 Å². The molecule has 0 radical (unpaired) electrons. The number of rotatable bonds is 13. The molecule has 3 aromatic rings. The van der Waals surface area contributed by atoms with Gasteiger partial charge in [0, 0.05) is 39.0 Å². The van der Waals surface area contributed by atoms with Gasteiger partial charge in [-0.05, 0) is 49.4 Å². The van der Waals surface area contributed by atoms with Crippen molar-refractivity contribution in [3.8, 4) is 0 Å². The number of nitrogens with one attached hydrogen (secondary N) is 1. The number of hydrogen-bond donors (Lipinski definition) is 1. The minimum Gasteiger partial charge on any atom is -0.352 e. The van der Waals surface area contributed by atoms with E-state index in [1.54, 1.807) is 35.2 Å². The summed E-state index contributed by atoms with van der Waals surface area (Å²) in [4.78, 5) is 29.6. The summed E-state index contributed by atoms with van der Waals surface area (Å²) in [6.45, 7) is 2.50. The van der Waals surface area contributed by atoms with Crippen LogP contribution >= 0.6 is 0 Å². The fourth-order valence-corrected chi connectivity index (χ4v) is 6.65. The third kappa shape index (κ3) is 8.50. The van der Waals surface area contributed by atoms with Crippen LogP contribution in [-0.4, -0.2) is 55.1 Å². The molecule has 4 rings (SSSR count). The second kappa shape index (κ2) is 14.4. The first kappa shape index (κ1) is 30.5. The van der Waals surface area contributed by atoms with E-state index in [0.717, 1.165) is 42.4 Å². The summed E-state index contributed by atoms with van der Waals surface area (Å²) in [6.07, 6.45) is 4.98. The van der Waals surface area contributed by atoms with Crippen molar-refractivity contribution in [2.75, 3.05) is 13.6 Å². The molecule has 0 saturated heterocycles. The second-order valence-corrected chi connectivity index (χ2v) is 13.0. The molecule has 1 N–H and O–H groups in total. The number of amides is 2. The molecule has 1 aliphatic rings. The Bertz CT molecular complexity index is 1390. The summed E-state index contributed by atoms with van der Waals surface area (Å²) >= 11 is 0. The highest BCUT2D eigenvalue weighted by Gasteiger charge is 2.32. The van der Waals surface area contributed by atoms with Gasteiger partial charge in [0.2, 0.25) is 21.8 Å². The van der Waals surface area contributed by atoms with E-state index >= 15 is 0 Å². The summed E-state index contributed by atoms with van der Waals surface area (Å²) in [5, 5.41) is 3.22. The average Bonchev–Trinajstić information content (AvgIpc) is 3.48. The molecule has 3 aromatic carbocycles. The van der Waals surface area contributed by atoms with Crippen molar-refractivity contribution < 1.29 is 18.0 Å². The number of carbonyl (C=O) groups is 2. The zero-order chi connectivity index (χ0) is 29.2. The molecule has 1 atom stereocenters. The number of sulfonamides is 1. The van der Waals surface area contributed by atoms with Gasteiger partial charge in [-0.15, -0.1) is 0 Å². The molecule has 0 aromatic heterocycles. The van der Waals surface area contributed by atoms with Crippen molar-refractivity contribution in [2.45, 2.75) is 75.4 Å². The van der Waals surface area contributed by atoms with Gasteiger partial charge in [-0.1, -0.05) is 91.2 Å². The van der Waals surface area contributed by atoms with E-state index in [9.17, 15) is 18.0 Å². The first-order chi connectivity index (χ1) is 19.7. The largest absolute Gasteiger partial charge is 0.352 e. The molecule has 0 heterocycles. The third-order valence-corrected chi connectivity index (χ3v) is 9.59. The van der Waals surface area contributed by atoms with Crippen LogP contribution in [0.4, 0.5) is 0 Å². The van der Waals surface area contributed by atoms with Gasteiger partial charge in [0.1, 0.15) is 6.04 Å². The minimum absolute atomic E-state index is 0.127. The fraction of sp³-hybridized carbons (Fsp3) is 0.394. The molecule has 0 aliphatic heterocycles. The van der Waals surface area contributed by atoms with Crippen molar-refractivity contribution in [3.63, 3.8) is 0 Å². The molecule has 2 amide bonds. The van der Waals surface area contributed by atoms with Crippen LogP contribution in [0.5, 0.6) is 0 Å². The Balaban J connectivity index is 1.54. The Morgan fingerprint density at radius 2 is 1.54 bits per heavy atom. The van der Waals surface area contributed by atoms with Gasteiger partial charge in [0.25, 0.3) is 0 Å². The normalized spacial score (nSPS) is 14.6. The Morgan fingerprint density at radius 3 is 2.20 bits per heavy atom. The zero-order valence-corrected chi connectivity index (χ0v) is 24.9. The Labute approximate surface area is 244 Å². The predicted molar refractivity (Wildman–Crippen MR) is 162 cm³/mol. The smallest absolute Gasteiger partial charge is 0.243 e. The Morgan fingerprint density at radius 1 is 0.902 bits per heavy atom. The lowest BCUT2D eigenvalue weighted by Crippen LogP contribution is -2.52. The van der Waals surface area contributed by atoms with Crippen LogP contribution in [0.3, 0.4) is 0 Å². The SMILES string of the molecule is Cc1cccc(CN(C(=O)CCCN(C)S(=O)(=O)c2ccccc2)[C@H](Cc2ccccc2)C(=O)NC2CCCC2)c1. The van der Waals surface area contributed by atoms with Crippen molar-refractivity contribution >= 4 is 21.8 Å². The molecule has 7 nitrogen and oxygen atoms in total. The predicted octanol–water partition coefficient (Wildman–Crippen LogP) is 5.09. The monoisotopic (exact) mass is 575 g/mol. The first-order valence-electron chi connectivity index (χ1n) is 14.4. The molecular weight excluding hydrogens is 534 g/mol. The van der Waals surface area contributed by atoms with Crippen LogP contribution in [0, 0.1) is 6.92 Å². The van der Waals surface area contributed by atoms with Gasteiger partial charge >= 0.3 is 0 Å². The van der Waals surface area contributed by atoms with E-state index in [1.165, 1.54) is 11.4 Å². The molecule has 8 heteroatoms. The van der Waals surface area contributed by atoms with Gasteiger partial charge in [0.05, 0.1) is 4.90 Å². The van der Waals surface area contributed by atoms with E-state index in [2.05, 4.69) is 5.32 Å². The lowest BCUT2D eigenvalue weighted by molar-refractivity contribution is -0.141. The quantitative estimate of drug-likeness (QED) is 0.308.